The SMILES string of the molecule is CCN(CC)c1ccc(/C=N/c2nc(-c3ccccc3)c(C)s2)cc1. The van der Waals surface area contributed by atoms with Crippen LogP contribution in [0.2, 0.25) is 0 Å². The van der Waals surface area contributed by atoms with Gasteiger partial charge >= 0.3 is 0 Å². The molecule has 3 rings (SSSR count). The minimum atomic E-state index is 0.796. The standard InChI is InChI=1S/C21H23N3S/c1-4-24(5-2)19-13-11-17(12-14-19)15-22-21-23-20(16(3)25-21)18-9-7-6-8-10-18/h6-15H,4-5H2,1-3H3/b22-15+. The van der Waals surface area contributed by atoms with Gasteiger partial charge in [0, 0.05) is 35.4 Å². The molecule has 0 amide bonds. The number of anilines is 1. The van der Waals surface area contributed by atoms with Crippen LogP contribution in [0.3, 0.4) is 0 Å². The summed E-state index contributed by atoms with van der Waals surface area (Å²) < 4.78 is 0. The van der Waals surface area contributed by atoms with Crippen molar-refractivity contribution in [1.82, 2.24) is 4.98 Å². The van der Waals surface area contributed by atoms with Gasteiger partial charge in [0.15, 0.2) is 0 Å². The molecule has 0 spiro atoms. The maximum atomic E-state index is 4.68. The second-order valence-corrected chi connectivity index (χ2v) is 6.97. The minimum Gasteiger partial charge on any atom is -0.372 e. The third-order valence-electron chi connectivity index (χ3n) is 4.18. The quantitative estimate of drug-likeness (QED) is 0.533. The molecule has 0 N–H and O–H groups in total. The number of aromatic nitrogens is 1. The molecule has 128 valence electrons. The molecule has 0 aliphatic rings. The van der Waals surface area contributed by atoms with Crippen molar-refractivity contribution in [2.45, 2.75) is 20.8 Å². The summed E-state index contributed by atoms with van der Waals surface area (Å²) in [6, 6.07) is 18.8. The van der Waals surface area contributed by atoms with E-state index in [-0.39, 0.29) is 0 Å². The zero-order valence-electron chi connectivity index (χ0n) is 14.9. The van der Waals surface area contributed by atoms with Gasteiger partial charge in [-0.15, -0.1) is 0 Å². The molecule has 0 saturated heterocycles. The van der Waals surface area contributed by atoms with Crippen molar-refractivity contribution < 1.29 is 0 Å². The first-order chi connectivity index (χ1) is 12.2. The van der Waals surface area contributed by atoms with Crippen molar-refractivity contribution in [3.05, 3.63) is 65.0 Å². The Hall–Kier alpha value is -2.46. The first kappa shape index (κ1) is 17.4. The predicted octanol–water partition coefficient (Wildman–Crippen LogP) is 5.72. The zero-order valence-corrected chi connectivity index (χ0v) is 15.8. The maximum Gasteiger partial charge on any atom is 0.209 e. The average Bonchev–Trinajstić information content (AvgIpc) is 3.03. The number of hydrogen-bond acceptors (Lipinski definition) is 4. The second-order valence-electron chi connectivity index (χ2n) is 5.79. The third-order valence-corrected chi connectivity index (χ3v) is 5.06. The van der Waals surface area contributed by atoms with Crippen LogP contribution < -0.4 is 4.90 Å². The molecule has 0 bridgehead atoms. The number of nitrogens with zero attached hydrogens (tertiary/aromatic N) is 3. The second kappa shape index (κ2) is 8.08. The number of benzene rings is 2. The van der Waals surface area contributed by atoms with E-state index in [0.717, 1.165) is 35.0 Å². The molecule has 1 heterocycles. The lowest BCUT2D eigenvalue weighted by atomic mass is 10.1. The lowest BCUT2D eigenvalue weighted by Crippen LogP contribution is -2.21. The molecule has 25 heavy (non-hydrogen) atoms. The average molecular weight is 350 g/mol. The fourth-order valence-electron chi connectivity index (χ4n) is 2.79. The first-order valence-electron chi connectivity index (χ1n) is 8.63. The van der Waals surface area contributed by atoms with Crippen LogP contribution >= 0.6 is 11.3 Å². The van der Waals surface area contributed by atoms with E-state index >= 15 is 0 Å². The fourth-order valence-corrected chi connectivity index (χ4v) is 3.57. The molecule has 0 atom stereocenters. The van der Waals surface area contributed by atoms with Crippen LogP contribution in [0.5, 0.6) is 0 Å². The van der Waals surface area contributed by atoms with Gasteiger partial charge in [-0.3, -0.25) is 0 Å². The van der Waals surface area contributed by atoms with E-state index < -0.39 is 0 Å². The van der Waals surface area contributed by atoms with E-state index in [0.29, 0.717) is 0 Å². The van der Waals surface area contributed by atoms with Crippen LogP contribution in [0.25, 0.3) is 11.3 Å². The van der Waals surface area contributed by atoms with E-state index in [4.69, 9.17) is 0 Å². The van der Waals surface area contributed by atoms with Crippen LogP contribution in [0, 0.1) is 6.92 Å². The van der Waals surface area contributed by atoms with Crippen molar-refractivity contribution in [3.63, 3.8) is 0 Å². The Morgan fingerprint density at radius 2 is 1.68 bits per heavy atom. The van der Waals surface area contributed by atoms with E-state index in [2.05, 4.69) is 72.0 Å². The third kappa shape index (κ3) is 4.15. The summed E-state index contributed by atoms with van der Waals surface area (Å²) in [5, 5.41) is 0.796. The normalized spacial score (nSPS) is 11.2. The van der Waals surface area contributed by atoms with Crippen LogP contribution in [0.15, 0.2) is 59.6 Å². The van der Waals surface area contributed by atoms with Gasteiger partial charge in [-0.05, 0) is 38.5 Å². The summed E-state index contributed by atoms with van der Waals surface area (Å²) in [7, 11) is 0. The molecular weight excluding hydrogens is 326 g/mol. The highest BCUT2D eigenvalue weighted by Gasteiger charge is 2.08. The Labute approximate surface area is 153 Å². The fraction of sp³-hybridized carbons (Fsp3) is 0.238. The van der Waals surface area contributed by atoms with Gasteiger partial charge in [0.1, 0.15) is 0 Å². The Bertz CT molecular complexity index is 831. The van der Waals surface area contributed by atoms with Crippen LogP contribution in [0.4, 0.5) is 10.8 Å². The van der Waals surface area contributed by atoms with Crippen molar-refractivity contribution in [2.24, 2.45) is 4.99 Å². The molecule has 0 aliphatic heterocycles. The molecule has 0 aliphatic carbocycles. The van der Waals surface area contributed by atoms with Gasteiger partial charge < -0.3 is 4.90 Å². The van der Waals surface area contributed by atoms with E-state index in [1.54, 1.807) is 11.3 Å². The lowest BCUT2D eigenvalue weighted by Gasteiger charge is -2.20. The van der Waals surface area contributed by atoms with E-state index in [9.17, 15) is 0 Å². The molecule has 1 aromatic heterocycles. The molecule has 2 aromatic carbocycles. The summed E-state index contributed by atoms with van der Waals surface area (Å²) in [5.41, 5.74) is 4.50. The Morgan fingerprint density at radius 3 is 2.32 bits per heavy atom. The first-order valence-corrected chi connectivity index (χ1v) is 9.44. The monoisotopic (exact) mass is 349 g/mol. The van der Waals surface area contributed by atoms with Crippen molar-refractivity contribution >= 4 is 28.4 Å². The number of hydrogen-bond donors (Lipinski definition) is 0. The molecule has 0 saturated carbocycles. The largest absolute Gasteiger partial charge is 0.372 e. The van der Waals surface area contributed by atoms with Crippen molar-refractivity contribution in [3.8, 4) is 11.3 Å². The molecule has 4 heteroatoms. The van der Waals surface area contributed by atoms with E-state index in [1.807, 2.05) is 24.4 Å². The van der Waals surface area contributed by atoms with Gasteiger partial charge in [0.05, 0.1) is 5.69 Å². The Morgan fingerprint density at radius 1 is 1.00 bits per heavy atom. The molecule has 0 unspecified atom stereocenters. The molecular formula is C21H23N3S. The minimum absolute atomic E-state index is 0.796. The van der Waals surface area contributed by atoms with Gasteiger partial charge in [0.2, 0.25) is 5.13 Å². The highest BCUT2D eigenvalue weighted by molar-refractivity contribution is 7.15. The highest BCUT2D eigenvalue weighted by atomic mass is 32.1. The summed E-state index contributed by atoms with van der Waals surface area (Å²) >= 11 is 1.63. The van der Waals surface area contributed by atoms with Crippen LogP contribution in [-0.2, 0) is 0 Å². The highest BCUT2D eigenvalue weighted by Crippen LogP contribution is 2.31. The molecule has 0 radical (unpaired) electrons. The lowest BCUT2D eigenvalue weighted by molar-refractivity contribution is 0.866. The van der Waals surface area contributed by atoms with Gasteiger partial charge in [-0.2, -0.15) is 0 Å². The number of aryl methyl sites for hydroxylation is 1. The van der Waals surface area contributed by atoms with Crippen LogP contribution in [0.1, 0.15) is 24.3 Å². The predicted molar refractivity (Wildman–Crippen MR) is 110 cm³/mol. The maximum absolute atomic E-state index is 4.68. The van der Waals surface area contributed by atoms with Crippen molar-refractivity contribution in [2.75, 3.05) is 18.0 Å². The summed E-state index contributed by atoms with van der Waals surface area (Å²) in [5.74, 6) is 0. The topological polar surface area (TPSA) is 28.5 Å². The smallest absolute Gasteiger partial charge is 0.209 e. The number of thiazole rings is 1. The number of aliphatic imine (C=N–C) groups is 1. The molecule has 3 aromatic rings. The Kier molecular flexibility index (Phi) is 5.61. The van der Waals surface area contributed by atoms with Crippen molar-refractivity contribution in [1.29, 1.82) is 0 Å². The van der Waals surface area contributed by atoms with Gasteiger partial charge in [-0.1, -0.05) is 53.8 Å². The van der Waals surface area contributed by atoms with Gasteiger partial charge in [-0.25, -0.2) is 9.98 Å². The number of rotatable bonds is 6. The van der Waals surface area contributed by atoms with Gasteiger partial charge in [0.25, 0.3) is 0 Å². The Balaban J connectivity index is 1.76. The van der Waals surface area contributed by atoms with Crippen LogP contribution in [-0.4, -0.2) is 24.3 Å². The molecule has 0 fully saturated rings. The summed E-state index contributed by atoms with van der Waals surface area (Å²) in [6.07, 6.45) is 1.89. The molecule has 3 nitrogen and oxygen atoms in total. The van der Waals surface area contributed by atoms with E-state index in [1.165, 1.54) is 10.6 Å². The zero-order chi connectivity index (χ0) is 17.6. The summed E-state index contributed by atoms with van der Waals surface area (Å²) in [4.78, 5) is 12.8. The summed E-state index contributed by atoms with van der Waals surface area (Å²) in [6.45, 7) is 8.48.